The van der Waals surface area contributed by atoms with Crippen molar-refractivity contribution in [1.29, 1.82) is 0 Å². The average molecular weight is 423 g/mol. The lowest BCUT2D eigenvalue weighted by atomic mass is 9.92. The van der Waals surface area contributed by atoms with Gasteiger partial charge in [-0.2, -0.15) is 0 Å². The summed E-state index contributed by atoms with van der Waals surface area (Å²) in [5, 5.41) is 3.35. The minimum absolute atomic E-state index is 0.216. The molecule has 0 bridgehead atoms. The maximum atomic E-state index is 12.8. The van der Waals surface area contributed by atoms with E-state index in [9.17, 15) is 13.2 Å². The van der Waals surface area contributed by atoms with Crippen LogP contribution in [0.3, 0.4) is 0 Å². The molecule has 0 unspecified atom stereocenters. The van der Waals surface area contributed by atoms with Crippen molar-refractivity contribution in [2.24, 2.45) is 0 Å². The van der Waals surface area contributed by atoms with Gasteiger partial charge >= 0.3 is 0 Å². The molecule has 0 fully saturated rings. The van der Waals surface area contributed by atoms with E-state index in [1.807, 2.05) is 18.2 Å². The van der Waals surface area contributed by atoms with Crippen molar-refractivity contribution in [3.63, 3.8) is 0 Å². The molecule has 5 nitrogen and oxygen atoms in total. The highest BCUT2D eigenvalue weighted by molar-refractivity contribution is 7.92. The molecule has 0 aliphatic carbocycles. The molecule has 2 aromatic carbocycles. The number of hydrogen-bond donors (Lipinski definition) is 1. The lowest BCUT2D eigenvalue weighted by Gasteiger charge is -2.24. The van der Waals surface area contributed by atoms with Crippen molar-refractivity contribution in [2.75, 3.05) is 22.4 Å². The van der Waals surface area contributed by atoms with E-state index in [1.54, 1.807) is 18.2 Å². The van der Waals surface area contributed by atoms with Crippen molar-refractivity contribution in [2.45, 2.75) is 39.5 Å². The molecule has 0 aliphatic heterocycles. The van der Waals surface area contributed by atoms with Crippen molar-refractivity contribution in [1.82, 2.24) is 0 Å². The zero-order valence-electron chi connectivity index (χ0n) is 16.9. The van der Waals surface area contributed by atoms with Gasteiger partial charge in [0.2, 0.25) is 15.9 Å². The quantitative estimate of drug-likeness (QED) is 0.683. The normalized spacial score (nSPS) is 11.7. The van der Waals surface area contributed by atoms with Gasteiger partial charge in [-0.25, -0.2) is 8.42 Å². The number of nitrogens with zero attached hydrogens (tertiary/aromatic N) is 1. The lowest BCUT2D eigenvalue weighted by Crippen LogP contribution is -2.37. The Morgan fingerprint density at radius 1 is 1.04 bits per heavy atom. The Morgan fingerprint density at radius 2 is 1.57 bits per heavy atom. The monoisotopic (exact) mass is 422 g/mol. The molecule has 0 radical (unpaired) electrons. The van der Waals surface area contributed by atoms with Crippen molar-refractivity contribution < 1.29 is 13.2 Å². The van der Waals surface area contributed by atoms with Crippen LogP contribution in [-0.2, 0) is 14.8 Å². The summed E-state index contributed by atoms with van der Waals surface area (Å²) in [5.74, 6) is 0.0290. The maximum absolute atomic E-state index is 12.8. The number of halogens is 1. The third kappa shape index (κ3) is 5.49. The number of benzene rings is 2. The van der Waals surface area contributed by atoms with Gasteiger partial charge in [-0.15, -0.1) is 0 Å². The smallest absolute Gasteiger partial charge is 0.245 e. The first-order valence-corrected chi connectivity index (χ1v) is 11.4. The highest BCUT2D eigenvalue weighted by Gasteiger charge is 2.23. The third-order valence-corrected chi connectivity index (χ3v) is 5.80. The Hall–Kier alpha value is -2.05. The number of hydrogen-bond acceptors (Lipinski definition) is 3. The SMILES string of the molecule is CC(C)c1cccc(C(C)C)c1NC(=O)CN(c1cccc(Cl)c1)S(C)(=O)=O. The second-order valence-electron chi connectivity index (χ2n) is 7.42. The van der Waals surface area contributed by atoms with Crippen LogP contribution in [0.1, 0.15) is 50.7 Å². The molecular weight excluding hydrogens is 396 g/mol. The fourth-order valence-electron chi connectivity index (χ4n) is 3.04. The Bertz CT molecular complexity index is 930. The Balaban J connectivity index is 2.37. The van der Waals surface area contributed by atoms with E-state index < -0.39 is 15.9 Å². The molecule has 7 heteroatoms. The summed E-state index contributed by atoms with van der Waals surface area (Å²) in [6.07, 6.45) is 1.07. The molecule has 28 heavy (non-hydrogen) atoms. The van der Waals surface area contributed by atoms with Crippen LogP contribution in [0.2, 0.25) is 5.02 Å². The summed E-state index contributed by atoms with van der Waals surface area (Å²) in [6, 6.07) is 12.4. The van der Waals surface area contributed by atoms with Crippen LogP contribution < -0.4 is 9.62 Å². The maximum Gasteiger partial charge on any atom is 0.245 e. The first kappa shape index (κ1) is 22.2. The van der Waals surface area contributed by atoms with E-state index in [2.05, 4.69) is 33.0 Å². The van der Waals surface area contributed by atoms with E-state index >= 15 is 0 Å². The number of amides is 1. The molecule has 0 saturated heterocycles. The zero-order valence-corrected chi connectivity index (χ0v) is 18.4. The molecule has 0 heterocycles. The third-order valence-electron chi connectivity index (χ3n) is 4.42. The van der Waals surface area contributed by atoms with Crippen molar-refractivity contribution in [3.05, 3.63) is 58.6 Å². The summed E-state index contributed by atoms with van der Waals surface area (Å²) in [7, 11) is -3.66. The molecule has 1 N–H and O–H groups in total. The fourth-order valence-corrected chi connectivity index (χ4v) is 4.07. The van der Waals surface area contributed by atoms with Crippen LogP contribution in [-0.4, -0.2) is 27.1 Å². The second-order valence-corrected chi connectivity index (χ2v) is 9.76. The number of rotatable bonds is 7. The summed E-state index contributed by atoms with van der Waals surface area (Å²) in [4.78, 5) is 12.8. The van der Waals surface area contributed by atoms with Crippen molar-refractivity contribution in [3.8, 4) is 0 Å². The highest BCUT2D eigenvalue weighted by Crippen LogP contribution is 2.32. The van der Waals surface area contributed by atoms with Gasteiger partial charge in [0, 0.05) is 10.7 Å². The Labute approximate surface area is 172 Å². The molecule has 2 rings (SSSR count). The van der Waals surface area contributed by atoms with Gasteiger partial charge in [-0.1, -0.05) is 63.6 Å². The van der Waals surface area contributed by atoms with Gasteiger partial charge in [0.1, 0.15) is 6.54 Å². The standard InChI is InChI=1S/C21H27ClN2O3S/c1-14(2)18-10-7-11-19(15(3)4)21(18)23-20(25)13-24(28(5,26)27)17-9-6-8-16(22)12-17/h6-12,14-15H,13H2,1-5H3,(H,23,25). The summed E-state index contributed by atoms with van der Waals surface area (Å²) < 4.78 is 25.6. The number of carbonyl (C=O) groups excluding carboxylic acids is 1. The van der Waals surface area contributed by atoms with Gasteiger partial charge < -0.3 is 5.32 Å². The van der Waals surface area contributed by atoms with Crippen molar-refractivity contribution >= 4 is 38.9 Å². The summed E-state index contributed by atoms with van der Waals surface area (Å²) in [5.41, 5.74) is 3.16. The molecule has 2 aromatic rings. The highest BCUT2D eigenvalue weighted by atomic mass is 35.5. The molecular formula is C21H27ClN2O3S. The minimum atomic E-state index is -3.66. The predicted molar refractivity (Wildman–Crippen MR) is 117 cm³/mol. The van der Waals surface area contributed by atoms with E-state index in [0.29, 0.717) is 10.7 Å². The van der Waals surface area contributed by atoms with Gasteiger partial charge in [0.15, 0.2) is 0 Å². The molecule has 0 aromatic heterocycles. The van der Waals surface area contributed by atoms with Crippen LogP contribution in [0.4, 0.5) is 11.4 Å². The van der Waals surface area contributed by atoms with Gasteiger partial charge in [-0.05, 0) is 41.2 Å². The molecule has 0 spiro atoms. The van der Waals surface area contributed by atoms with Crippen LogP contribution >= 0.6 is 11.6 Å². The lowest BCUT2D eigenvalue weighted by molar-refractivity contribution is -0.114. The van der Waals surface area contributed by atoms with Gasteiger partial charge in [-0.3, -0.25) is 9.10 Å². The van der Waals surface area contributed by atoms with E-state index in [4.69, 9.17) is 11.6 Å². The number of nitrogens with one attached hydrogen (secondary N) is 1. The number of sulfonamides is 1. The predicted octanol–water partition coefficient (Wildman–Crippen LogP) is 4.99. The fraction of sp³-hybridized carbons (Fsp3) is 0.381. The molecule has 1 amide bonds. The van der Waals surface area contributed by atoms with E-state index in [-0.39, 0.29) is 18.4 Å². The van der Waals surface area contributed by atoms with E-state index in [1.165, 1.54) is 6.07 Å². The average Bonchev–Trinajstić information content (AvgIpc) is 2.58. The summed E-state index contributed by atoms with van der Waals surface area (Å²) >= 11 is 5.99. The first-order valence-electron chi connectivity index (χ1n) is 9.16. The Kier molecular flexibility index (Phi) is 7.12. The van der Waals surface area contributed by atoms with E-state index in [0.717, 1.165) is 27.4 Å². The molecule has 0 atom stereocenters. The second kappa shape index (κ2) is 8.97. The number of para-hydroxylation sites is 1. The van der Waals surface area contributed by atoms with Crippen LogP contribution in [0.15, 0.2) is 42.5 Å². The molecule has 152 valence electrons. The molecule has 0 aliphatic rings. The number of anilines is 2. The van der Waals surface area contributed by atoms with Gasteiger partial charge in [0.05, 0.1) is 11.9 Å². The number of carbonyl (C=O) groups is 1. The van der Waals surface area contributed by atoms with Gasteiger partial charge in [0.25, 0.3) is 0 Å². The zero-order chi connectivity index (χ0) is 21.1. The van der Waals surface area contributed by atoms with Crippen LogP contribution in [0, 0.1) is 0 Å². The van der Waals surface area contributed by atoms with Crippen LogP contribution in [0.25, 0.3) is 0 Å². The first-order chi connectivity index (χ1) is 13.0. The largest absolute Gasteiger partial charge is 0.324 e. The van der Waals surface area contributed by atoms with Crippen LogP contribution in [0.5, 0.6) is 0 Å². The minimum Gasteiger partial charge on any atom is -0.324 e. The Morgan fingerprint density at radius 3 is 2.04 bits per heavy atom. The summed E-state index contributed by atoms with van der Waals surface area (Å²) in [6.45, 7) is 7.91. The molecule has 0 saturated carbocycles. The topological polar surface area (TPSA) is 66.5 Å².